The van der Waals surface area contributed by atoms with E-state index >= 15 is 0 Å². The van der Waals surface area contributed by atoms with Crippen molar-refractivity contribution in [1.29, 1.82) is 0 Å². The second kappa shape index (κ2) is 13.4. The molecule has 158 valence electrons. The van der Waals surface area contributed by atoms with E-state index in [-0.39, 0.29) is 86.8 Å². The molecule has 3 aromatic rings. The van der Waals surface area contributed by atoms with Gasteiger partial charge in [-0.05, 0) is 60.5 Å². The Kier molecular flexibility index (Phi) is 12.3. The first kappa shape index (κ1) is 29.5. The van der Waals surface area contributed by atoms with Gasteiger partial charge in [-0.25, -0.2) is 8.42 Å². The molecular formula is C16H12ClN5Na2O6S2. The summed E-state index contributed by atoms with van der Waals surface area (Å²) in [6, 6.07) is 10.8. The second-order valence-electron chi connectivity index (χ2n) is 5.68. The minimum absolute atomic E-state index is 0. The largest absolute Gasteiger partial charge is 1.00 e. The molecule has 0 atom stereocenters. The monoisotopic (exact) mass is 515 g/mol. The van der Waals surface area contributed by atoms with Gasteiger partial charge in [0.1, 0.15) is 10.1 Å². The number of hydrogen-bond acceptors (Lipinski definition) is 12. The van der Waals surface area contributed by atoms with Gasteiger partial charge >= 0.3 is 59.1 Å². The smallest absolute Gasteiger partial charge is 0.744 e. The maximum atomic E-state index is 11.2. The number of benzene rings is 2. The van der Waals surface area contributed by atoms with Crippen LogP contribution in [0.5, 0.6) is 0 Å². The molecular weight excluding hydrogens is 504 g/mol. The van der Waals surface area contributed by atoms with Gasteiger partial charge in [-0.2, -0.15) is 19.3 Å². The Morgan fingerprint density at radius 2 is 1.62 bits per heavy atom. The summed E-state index contributed by atoms with van der Waals surface area (Å²) < 4.78 is 37.9. The van der Waals surface area contributed by atoms with Crippen LogP contribution in [0.3, 0.4) is 0 Å². The molecule has 0 saturated carbocycles. The van der Waals surface area contributed by atoms with Crippen molar-refractivity contribution in [2.24, 2.45) is 0 Å². The average molecular weight is 516 g/mol. The van der Waals surface area contributed by atoms with Crippen LogP contribution in [0.2, 0.25) is 5.28 Å². The van der Waals surface area contributed by atoms with Crippen molar-refractivity contribution in [1.82, 2.24) is 15.0 Å². The third kappa shape index (κ3) is 8.68. The zero-order valence-corrected chi connectivity index (χ0v) is 23.4. The van der Waals surface area contributed by atoms with Crippen molar-refractivity contribution in [3.05, 3.63) is 53.3 Å². The van der Waals surface area contributed by atoms with Crippen molar-refractivity contribution < 1.29 is 86.7 Å². The van der Waals surface area contributed by atoms with Gasteiger partial charge in [-0.3, -0.25) is 5.04 Å². The summed E-state index contributed by atoms with van der Waals surface area (Å²) in [7, 11) is -4.57. The van der Waals surface area contributed by atoms with Gasteiger partial charge in [0.2, 0.25) is 17.2 Å². The van der Waals surface area contributed by atoms with Crippen LogP contribution in [0, 0.1) is 6.92 Å². The van der Waals surface area contributed by atoms with Crippen LogP contribution in [-0.4, -0.2) is 27.9 Å². The van der Waals surface area contributed by atoms with E-state index in [2.05, 4.69) is 35.0 Å². The maximum absolute atomic E-state index is 11.2. The molecule has 32 heavy (non-hydrogen) atoms. The second-order valence-corrected chi connectivity index (χ2v) is 8.14. The van der Waals surface area contributed by atoms with Crippen LogP contribution >= 0.6 is 23.6 Å². The maximum Gasteiger partial charge on any atom is 1.00 e. The van der Waals surface area contributed by atoms with Crippen LogP contribution in [0.15, 0.2) is 52.3 Å². The molecule has 11 nitrogen and oxygen atoms in total. The zero-order valence-electron chi connectivity index (χ0n) is 17.0. The van der Waals surface area contributed by atoms with Gasteiger partial charge in [0.15, 0.2) is 0 Å². The number of hydrogen-bond donors (Lipinski definition) is 2. The number of rotatable bonds is 8. The zero-order chi connectivity index (χ0) is 21.7. The van der Waals surface area contributed by atoms with Crippen molar-refractivity contribution >= 4 is 57.0 Å². The van der Waals surface area contributed by atoms with E-state index in [1.807, 2.05) is 0 Å². The minimum atomic E-state index is -4.57. The predicted molar refractivity (Wildman–Crippen MR) is 105 cm³/mol. The van der Waals surface area contributed by atoms with E-state index in [9.17, 15) is 18.2 Å². The summed E-state index contributed by atoms with van der Waals surface area (Å²) in [6.07, 6.45) is 0. The number of anilines is 4. The molecule has 0 unspecified atom stereocenters. The Balaban J connectivity index is 0.00000256. The van der Waals surface area contributed by atoms with Crippen molar-refractivity contribution in [2.75, 3.05) is 10.6 Å². The molecule has 3 rings (SSSR count). The molecule has 0 amide bonds. The summed E-state index contributed by atoms with van der Waals surface area (Å²) in [5.41, 5.74) is 1.29. The first-order valence-electron chi connectivity index (χ1n) is 8.00. The van der Waals surface area contributed by atoms with E-state index in [1.165, 1.54) is 25.1 Å². The summed E-state index contributed by atoms with van der Waals surface area (Å²) in [4.78, 5) is 12.4. The summed E-state index contributed by atoms with van der Waals surface area (Å²) in [6.45, 7) is 1.50. The number of nitrogens with zero attached hydrogens (tertiary/aromatic N) is 3. The Bertz CT molecular complexity index is 1180. The Labute approximate surface area is 237 Å². The molecule has 0 radical (unpaired) electrons. The molecule has 16 heteroatoms. The Hall–Kier alpha value is -0.520. The molecule has 2 N–H and O–H groups in total. The van der Waals surface area contributed by atoms with Gasteiger partial charge < -0.3 is 20.4 Å². The number of halogens is 1. The first-order valence-corrected chi connectivity index (χ1v) is 10.5. The van der Waals surface area contributed by atoms with Crippen LogP contribution < -0.4 is 75.0 Å². The fraction of sp³-hybridized carbons (Fsp3) is 0.0625. The van der Waals surface area contributed by atoms with E-state index in [4.69, 9.17) is 11.6 Å². The van der Waals surface area contributed by atoms with Gasteiger partial charge in [0, 0.05) is 16.3 Å². The van der Waals surface area contributed by atoms with Crippen molar-refractivity contribution in [3.8, 4) is 0 Å². The average Bonchev–Trinajstić information content (AvgIpc) is 2.65. The normalized spacial score (nSPS) is 10.6. The van der Waals surface area contributed by atoms with Crippen LogP contribution in [-0.2, 0) is 19.5 Å². The molecule has 1 aromatic heterocycles. The van der Waals surface area contributed by atoms with Crippen molar-refractivity contribution in [3.63, 3.8) is 0 Å². The van der Waals surface area contributed by atoms with E-state index in [1.54, 1.807) is 24.3 Å². The molecule has 0 saturated heterocycles. The number of aromatic nitrogens is 3. The summed E-state index contributed by atoms with van der Waals surface area (Å²) in [5, 5.41) is 19.0. The third-order valence-corrected chi connectivity index (χ3v) is 5.29. The Morgan fingerprint density at radius 3 is 2.19 bits per heavy atom. The molecule has 0 aliphatic rings. The van der Waals surface area contributed by atoms with E-state index in [0.29, 0.717) is 16.3 Å². The number of nitrogens with one attached hydrogen (secondary N) is 2. The quantitative estimate of drug-likeness (QED) is 0.100. The molecule has 1 heterocycles. The van der Waals surface area contributed by atoms with Crippen molar-refractivity contribution in [2.45, 2.75) is 16.7 Å². The molecule has 0 aliphatic carbocycles. The molecule has 0 aliphatic heterocycles. The van der Waals surface area contributed by atoms with Crippen LogP contribution in [0.1, 0.15) is 5.56 Å². The number of aryl methyl sites for hydroxylation is 1. The van der Waals surface area contributed by atoms with Crippen LogP contribution in [0.25, 0.3) is 0 Å². The standard InChI is InChI=1S/C16H14ClN5O6S2.2Na/c1-9-7-11(5-6-13(9)30(24,25)26)19-16-21-14(17)20-15(22-16)18-10-3-2-4-12(8-10)29-28-27-23;;/h2-8,23H,1H3,(H,24,25,26)(H2,18,19,20,21,22);;/q;2*+1/p-2. The van der Waals surface area contributed by atoms with Gasteiger partial charge in [-0.1, -0.05) is 6.07 Å². The fourth-order valence-corrected chi connectivity index (χ4v) is 3.67. The molecule has 0 bridgehead atoms. The minimum Gasteiger partial charge on any atom is -0.744 e. The molecule has 0 spiro atoms. The molecule has 0 fully saturated rings. The van der Waals surface area contributed by atoms with Gasteiger partial charge in [-0.15, -0.1) is 0 Å². The van der Waals surface area contributed by atoms with Crippen LogP contribution in [0.4, 0.5) is 23.3 Å². The fourth-order valence-electron chi connectivity index (χ4n) is 2.41. The third-order valence-electron chi connectivity index (χ3n) is 3.56. The van der Waals surface area contributed by atoms with Gasteiger partial charge in [0.05, 0.1) is 16.9 Å². The predicted octanol–water partition coefficient (Wildman–Crippen LogP) is -3.54. The summed E-state index contributed by atoms with van der Waals surface area (Å²) in [5.74, 6) is 0.208. The molecule has 2 aromatic carbocycles. The first-order chi connectivity index (χ1) is 14.2. The Morgan fingerprint density at radius 1 is 1.00 bits per heavy atom. The topological polar surface area (TPSA) is 161 Å². The SMILES string of the molecule is Cc1cc(Nc2nc(Cl)nc(Nc3cccc(SOO[O-])c3)n2)ccc1S(=O)(=O)[O-].[Na+].[Na+]. The van der Waals surface area contributed by atoms with Gasteiger partial charge in [0.25, 0.3) is 0 Å². The van der Waals surface area contributed by atoms with E-state index in [0.717, 1.165) is 12.0 Å². The van der Waals surface area contributed by atoms with E-state index < -0.39 is 10.1 Å². The summed E-state index contributed by atoms with van der Waals surface area (Å²) >= 11 is 6.69.